The Morgan fingerprint density at radius 1 is 1.16 bits per heavy atom. The van der Waals surface area contributed by atoms with Gasteiger partial charge in [-0.3, -0.25) is 4.79 Å². The molecule has 98 valence electrons. The second-order valence-electron chi connectivity index (χ2n) is 4.43. The number of aryl methyl sites for hydroxylation is 2. The zero-order chi connectivity index (χ0) is 14.0. The van der Waals surface area contributed by atoms with E-state index in [1.54, 1.807) is 12.1 Å². The lowest BCUT2D eigenvalue weighted by Crippen LogP contribution is -2.13. The highest BCUT2D eigenvalue weighted by Gasteiger charge is 2.12. The van der Waals surface area contributed by atoms with Gasteiger partial charge in [-0.2, -0.15) is 0 Å². The summed E-state index contributed by atoms with van der Waals surface area (Å²) in [5.41, 5.74) is 3.13. The lowest BCUT2D eigenvalue weighted by atomic mass is 10.1. The highest BCUT2D eigenvalue weighted by molar-refractivity contribution is 9.10. The smallest absolute Gasteiger partial charge is 0.259 e. The topological polar surface area (TPSA) is 49.3 Å². The largest absolute Gasteiger partial charge is 0.507 e. The molecule has 19 heavy (non-hydrogen) atoms. The molecule has 2 aromatic carbocycles. The fourth-order valence-electron chi connectivity index (χ4n) is 1.84. The first-order valence-corrected chi connectivity index (χ1v) is 6.64. The van der Waals surface area contributed by atoms with E-state index >= 15 is 0 Å². The fourth-order valence-corrected chi connectivity index (χ4v) is 2.19. The van der Waals surface area contributed by atoms with E-state index in [2.05, 4.69) is 21.2 Å². The average molecular weight is 320 g/mol. The van der Waals surface area contributed by atoms with Gasteiger partial charge in [0.2, 0.25) is 0 Å². The van der Waals surface area contributed by atoms with Gasteiger partial charge in [0.15, 0.2) is 0 Å². The SMILES string of the molecule is Cc1ccc(NC(=O)c2ccc(Br)cc2O)c(C)c1. The Kier molecular flexibility index (Phi) is 3.90. The summed E-state index contributed by atoms with van der Waals surface area (Å²) in [6.45, 7) is 3.93. The zero-order valence-corrected chi connectivity index (χ0v) is 12.3. The van der Waals surface area contributed by atoms with Crippen LogP contribution in [0.4, 0.5) is 5.69 Å². The van der Waals surface area contributed by atoms with Crippen LogP contribution in [0.25, 0.3) is 0 Å². The predicted octanol–water partition coefficient (Wildman–Crippen LogP) is 4.02. The molecule has 0 atom stereocenters. The molecular weight excluding hydrogens is 306 g/mol. The third-order valence-corrected chi connectivity index (χ3v) is 3.33. The van der Waals surface area contributed by atoms with E-state index in [4.69, 9.17) is 0 Å². The van der Waals surface area contributed by atoms with Crippen molar-refractivity contribution in [3.8, 4) is 5.75 Å². The molecule has 0 spiro atoms. The van der Waals surface area contributed by atoms with Gasteiger partial charge < -0.3 is 10.4 Å². The number of hydrogen-bond donors (Lipinski definition) is 2. The van der Waals surface area contributed by atoms with Crippen LogP contribution in [0.3, 0.4) is 0 Å². The summed E-state index contributed by atoms with van der Waals surface area (Å²) in [6.07, 6.45) is 0. The quantitative estimate of drug-likeness (QED) is 0.878. The van der Waals surface area contributed by atoms with Gasteiger partial charge in [0.25, 0.3) is 5.91 Å². The summed E-state index contributed by atoms with van der Waals surface area (Å²) in [7, 11) is 0. The number of aromatic hydroxyl groups is 1. The molecule has 0 radical (unpaired) electrons. The van der Waals surface area contributed by atoms with E-state index < -0.39 is 0 Å². The summed E-state index contributed by atoms with van der Waals surface area (Å²) >= 11 is 3.24. The van der Waals surface area contributed by atoms with Crippen LogP contribution >= 0.6 is 15.9 Å². The molecule has 0 bridgehead atoms. The van der Waals surface area contributed by atoms with E-state index in [0.29, 0.717) is 0 Å². The van der Waals surface area contributed by atoms with Crippen LogP contribution in [0.5, 0.6) is 5.75 Å². The minimum Gasteiger partial charge on any atom is -0.507 e. The number of halogens is 1. The van der Waals surface area contributed by atoms with Crippen molar-refractivity contribution in [2.24, 2.45) is 0 Å². The van der Waals surface area contributed by atoms with Crippen LogP contribution in [0.15, 0.2) is 40.9 Å². The second kappa shape index (κ2) is 5.45. The number of rotatable bonds is 2. The van der Waals surface area contributed by atoms with E-state index in [0.717, 1.165) is 21.3 Å². The molecule has 0 saturated heterocycles. The second-order valence-corrected chi connectivity index (χ2v) is 5.35. The third kappa shape index (κ3) is 3.15. The van der Waals surface area contributed by atoms with Gasteiger partial charge in [0.05, 0.1) is 5.56 Å². The maximum absolute atomic E-state index is 12.1. The van der Waals surface area contributed by atoms with E-state index in [1.807, 2.05) is 32.0 Å². The van der Waals surface area contributed by atoms with Crippen LogP contribution in [-0.2, 0) is 0 Å². The number of carbonyl (C=O) groups excluding carboxylic acids is 1. The zero-order valence-electron chi connectivity index (χ0n) is 10.7. The predicted molar refractivity (Wildman–Crippen MR) is 79.7 cm³/mol. The van der Waals surface area contributed by atoms with Gasteiger partial charge in [0.1, 0.15) is 5.75 Å². The van der Waals surface area contributed by atoms with Crippen molar-refractivity contribution in [2.75, 3.05) is 5.32 Å². The molecule has 3 nitrogen and oxygen atoms in total. The number of carbonyl (C=O) groups is 1. The Morgan fingerprint density at radius 3 is 2.53 bits per heavy atom. The molecular formula is C15H14BrNO2. The normalized spacial score (nSPS) is 10.3. The van der Waals surface area contributed by atoms with Crippen molar-refractivity contribution < 1.29 is 9.90 Å². The van der Waals surface area contributed by atoms with Crippen molar-refractivity contribution in [1.29, 1.82) is 0 Å². The monoisotopic (exact) mass is 319 g/mol. The van der Waals surface area contributed by atoms with Gasteiger partial charge in [0, 0.05) is 10.2 Å². The molecule has 0 unspecified atom stereocenters. The molecule has 0 fully saturated rings. The highest BCUT2D eigenvalue weighted by atomic mass is 79.9. The number of phenolic OH excluding ortho intramolecular Hbond substituents is 1. The van der Waals surface area contributed by atoms with Crippen molar-refractivity contribution in [2.45, 2.75) is 13.8 Å². The number of nitrogens with one attached hydrogen (secondary N) is 1. The highest BCUT2D eigenvalue weighted by Crippen LogP contribution is 2.24. The third-order valence-electron chi connectivity index (χ3n) is 2.83. The molecule has 1 amide bonds. The molecule has 0 heterocycles. The maximum Gasteiger partial charge on any atom is 0.259 e. The maximum atomic E-state index is 12.1. The minimum atomic E-state index is -0.322. The van der Waals surface area contributed by atoms with Crippen molar-refractivity contribution in [3.63, 3.8) is 0 Å². The van der Waals surface area contributed by atoms with Crippen molar-refractivity contribution in [3.05, 3.63) is 57.6 Å². The Bertz CT molecular complexity index is 638. The molecule has 0 saturated carbocycles. The molecule has 4 heteroatoms. The molecule has 2 aromatic rings. The van der Waals surface area contributed by atoms with Crippen LogP contribution < -0.4 is 5.32 Å². The first kappa shape index (κ1) is 13.6. The molecule has 0 aliphatic carbocycles. The number of benzene rings is 2. The van der Waals surface area contributed by atoms with Crippen molar-refractivity contribution in [1.82, 2.24) is 0 Å². The first-order valence-electron chi connectivity index (χ1n) is 5.84. The van der Waals surface area contributed by atoms with Gasteiger partial charge in [-0.1, -0.05) is 33.6 Å². The Hall–Kier alpha value is -1.81. The van der Waals surface area contributed by atoms with Crippen LogP contribution in [-0.4, -0.2) is 11.0 Å². The molecule has 0 aliphatic heterocycles. The number of anilines is 1. The van der Waals surface area contributed by atoms with E-state index in [-0.39, 0.29) is 17.2 Å². The molecule has 0 aliphatic rings. The van der Waals surface area contributed by atoms with Crippen molar-refractivity contribution >= 4 is 27.5 Å². The fraction of sp³-hybridized carbons (Fsp3) is 0.133. The summed E-state index contributed by atoms with van der Waals surface area (Å²) in [5, 5.41) is 12.6. The lowest BCUT2D eigenvalue weighted by molar-refractivity contribution is 0.102. The van der Waals surface area contributed by atoms with E-state index in [9.17, 15) is 9.90 Å². The van der Waals surface area contributed by atoms with Crippen LogP contribution in [0, 0.1) is 13.8 Å². The molecule has 0 aromatic heterocycles. The summed E-state index contributed by atoms with van der Waals surface area (Å²) in [6, 6.07) is 10.6. The van der Waals surface area contributed by atoms with Gasteiger partial charge in [-0.15, -0.1) is 0 Å². The van der Waals surface area contributed by atoms with Crippen LogP contribution in [0.1, 0.15) is 21.5 Å². The van der Waals surface area contributed by atoms with Gasteiger partial charge in [-0.25, -0.2) is 0 Å². The average Bonchev–Trinajstić information content (AvgIpc) is 2.32. The number of amides is 1. The first-order chi connectivity index (χ1) is 8.97. The van der Waals surface area contributed by atoms with E-state index in [1.165, 1.54) is 6.07 Å². The Morgan fingerprint density at radius 2 is 1.89 bits per heavy atom. The molecule has 2 N–H and O–H groups in total. The summed E-state index contributed by atoms with van der Waals surface area (Å²) < 4.78 is 0.730. The minimum absolute atomic E-state index is 0.0448. The standard InChI is InChI=1S/C15H14BrNO2/c1-9-3-6-13(10(2)7-9)17-15(19)12-5-4-11(16)8-14(12)18/h3-8,18H,1-2H3,(H,17,19). The van der Waals surface area contributed by atoms with Crippen LogP contribution in [0.2, 0.25) is 0 Å². The van der Waals surface area contributed by atoms with Gasteiger partial charge in [-0.05, 0) is 43.7 Å². The summed E-state index contributed by atoms with van der Waals surface area (Å²) in [5.74, 6) is -0.367. The molecule has 2 rings (SSSR count). The lowest BCUT2D eigenvalue weighted by Gasteiger charge is -2.10. The number of hydrogen-bond acceptors (Lipinski definition) is 2. The Balaban J connectivity index is 2.25. The number of phenols is 1. The summed E-state index contributed by atoms with van der Waals surface area (Å²) in [4.78, 5) is 12.1. The Labute approximate surface area is 120 Å². The van der Waals surface area contributed by atoms with Gasteiger partial charge >= 0.3 is 0 Å².